The van der Waals surface area contributed by atoms with Gasteiger partial charge in [-0.15, -0.1) is 0 Å². The molecule has 0 atom stereocenters. The van der Waals surface area contributed by atoms with Crippen LogP contribution in [0.4, 0.5) is 0 Å². The van der Waals surface area contributed by atoms with Crippen molar-refractivity contribution in [1.29, 1.82) is 5.26 Å². The van der Waals surface area contributed by atoms with Gasteiger partial charge in [0.05, 0.1) is 23.8 Å². The van der Waals surface area contributed by atoms with Crippen molar-refractivity contribution < 1.29 is 9.53 Å². The van der Waals surface area contributed by atoms with Crippen LogP contribution in [0.25, 0.3) is 5.57 Å². The zero-order chi connectivity index (χ0) is 12.0. The highest BCUT2D eigenvalue weighted by Gasteiger charge is 2.10. The molecule has 0 N–H and O–H groups in total. The molecule has 0 aliphatic carbocycles. The van der Waals surface area contributed by atoms with Crippen molar-refractivity contribution in [1.82, 2.24) is 0 Å². The highest BCUT2D eigenvalue weighted by atomic mass is 16.5. The standard InChI is InChI=1S/C13H13NO2/c1-3-8-16-13(15)10(2)12-6-4-11(9-14)5-7-12/h4-7H,2-3,8H2,1H3. The van der Waals surface area contributed by atoms with Crippen LogP contribution in [-0.2, 0) is 9.53 Å². The average molecular weight is 215 g/mol. The van der Waals surface area contributed by atoms with Gasteiger partial charge in [-0.25, -0.2) is 4.79 Å². The maximum Gasteiger partial charge on any atom is 0.338 e. The van der Waals surface area contributed by atoms with E-state index in [1.165, 1.54) is 0 Å². The summed E-state index contributed by atoms with van der Waals surface area (Å²) in [5, 5.41) is 8.63. The highest BCUT2D eigenvalue weighted by molar-refractivity contribution is 6.15. The van der Waals surface area contributed by atoms with Gasteiger partial charge in [-0.2, -0.15) is 5.26 Å². The molecule has 3 heteroatoms. The van der Waals surface area contributed by atoms with Crippen LogP contribution in [0.3, 0.4) is 0 Å². The van der Waals surface area contributed by atoms with Crippen molar-refractivity contribution in [3.63, 3.8) is 0 Å². The molecule has 0 saturated carbocycles. The number of nitriles is 1. The summed E-state index contributed by atoms with van der Waals surface area (Å²) in [7, 11) is 0. The Morgan fingerprint density at radius 2 is 2.06 bits per heavy atom. The summed E-state index contributed by atoms with van der Waals surface area (Å²) in [5.74, 6) is -0.411. The number of benzene rings is 1. The molecule has 0 fully saturated rings. The number of hydrogen-bond donors (Lipinski definition) is 0. The molecule has 0 aliphatic rings. The lowest BCUT2D eigenvalue weighted by Crippen LogP contribution is -2.06. The lowest BCUT2D eigenvalue weighted by atomic mass is 10.1. The van der Waals surface area contributed by atoms with E-state index in [4.69, 9.17) is 10.00 Å². The second-order valence-corrected chi connectivity index (χ2v) is 3.30. The van der Waals surface area contributed by atoms with Crippen LogP contribution in [-0.4, -0.2) is 12.6 Å². The second-order valence-electron chi connectivity index (χ2n) is 3.30. The number of hydrogen-bond acceptors (Lipinski definition) is 3. The first-order valence-corrected chi connectivity index (χ1v) is 5.05. The van der Waals surface area contributed by atoms with E-state index in [0.29, 0.717) is 23.3 Å². The minimum atomic E-state index is -0.411. The van der Waals surface area contributed by atoms with Gasteiger partial charge in [0.2, 0.25) is 0 Å². The summed E-state index contributed by atoms with van der Waals surface area (Å²) in [4.78, 5) is 11.5. The van der Waals surface area contributed by atoms with E-state index in [2.05, 4.69) is 6.58 Å². The Morgan fingerprint density at radius 1 is 1.44 bits per heavy atom. The molecule has 0 spiro atoms. The van der Waals surface area contributed by atoms with Crippen LogP contribution < -0.4 is 0 Å². The maximum atomic E-state index is 11.5. The molecule has 0 aliphatic heterocycles. The molecule has 1 aromatic rings. The molecule has 0 unspecified atom stereocenters. The number of rotatable bonds is 4. The molecular weight excluding hydrogens is 202 g/mol. The monoisotopic (exact) mass is 215 g/mol. The minimum Gasteiger partial charge on any atom is -0.462 e. The predicted octanol–water partition coefficient (Wildman–Crippen LogP) is 2.52. The van der Waals surface area contributed by atoms with Crippen LogP contribution in [0.5, 0.6) is 0 Å². The van der Waals surface area contributed by atoms with E-state index in [0.717, 1.165) is 6.42 Å². The molecule has 0 radical (unpaired) electrons. The maximum absolute atomic E-state index is 11.5. The van der Waals surface area contributed by atoms with Gasteiger partial charge in [0, 0.05) is 0 Å². The van der Waals surface area contributed by atoms with E-state index in [9.17, 15) is 4.79 Å². The van der Waals surface area contributed by atoms with Crippen LogP contribution in [0.2, 0.25) is 0 Å². The largest absolute Gasteiger partial charge is 0.462 e. The van der Waals surface area contributed by atoms with Gasteiger partial charge in [0.1, 0.15) is 0 Å². The third kappa shape index (κ3) is 2.96. The molecule has 0 amide bonds. The first-order valence-electron chi connectivity index (χ1n) is 5.05. The van der Waals surface area contributed by atoms with Crippen molar-refractivity contribution in [2.24, 2.45) is 0 Å². The molecule has 0 heterocycles. The van der Waals surface area contributed by atoms with E-state index < -0.39 is 5.97 Å². The summed E-state index contributed by atoms with van der Waals surface area (Å²) in [6.07, 6.45) is 0.784. The Labute approximate surface area is 95.0 Å². The molecule has 3 nitrogen and oxygen atoms in total. The van der Waals surface area contributed by atoms with E-state index in [-0.39, 0.29) is 0 Å². The highest BCUT2D eigenvalue weighted by Crippen LogP contribution is 2.14. The number of carbonyl (C=O) groups excluding carboxylic acids is 1. The normalized spacial score (nSPS) is 9.25. The fourth-order valence-corrected chi connectivity index (χ4v) is 1.15. The molecule has 0 bridgehead atoms. The summed E-state index contributed by atoms with van der Waals surface area (Å²) < 4.78 is 4.96. The summed E-state index contributed by atoms with van der Waals surface area (Å²) in [5.41, 5.74) is 1.55. The third-order valence-corrected chi connectivity index (χ3v) is 2.05. The van der Waals surface area contributed by atoms with Gasteiger partial charge in [-0.05, 0) is 24.1 Å². The summed E-state index contributed by atoms with van der Waals surface area (Å²) in [6.45, 7) is 6.00. The van der Waals surface area contributed by atoms with Crippen molar-refractivity contribution in [2.75, 3.05) is 6.61 Å². The van der Waals surface area contributed by atoms with Crippen LogP contribution in [0.1, 0.15) is 24.5 Å². The van der Waals surface area contributed by atoms with Gasteiger partial charge in [0.25, 0.3) is 0 Å². The smallest absolute Gasteiger partial charge is 0.338 e. The SMILES string of the molecule is C=C(C(=O)OCCC)c1ccc(C#N)cc1. The van der Waals surface area contributed by atoms with Crippen LogP contribution in [0.15, 0.2) is 30.8 Å². The fraction of sp³-hybridized carbons (Fsp3) is 0.231. The predicted molar refractivity (Wildman–Crippen MR) is 61.4 cm³/mol. The molecule has 0 aromatic heterocycles. The van der Waals surface area contributed by atoms with Crippen molar-refractivity contribution >= 4 is 11.5 Å². The summed E-state index contributed by atoms with van der Waals surface area (Å²) in [6, 6.07) is 8.68. The molecular formula is C13H13NO2. The lowest BCUT2D eigenvalue weighted by Gasteiger charge is -2.05. The Morgan fingerprint density at radius 3 is 2.56 bits per heavy atom. The van der Waals surface area contributed by atoms with E-state index in [1.54, 1.807) is 24.3 Å². The van der Waals surface area contributed by atoms with Gasteiger partial charge in [-0.1, -0.05) is 25.6 Å². The van der Waals surface area contributed by atoms with Gasteiger partial charge in [0.15, 0.2) is 0 Å². The second kappa shape index (κ2) is 5.72. The first-order chi connectivity index (χ1) is 7.69. The molecule has 16 heavy (non-hydrogen) atoms. The van der Waals surface area contributed by atoms with E-state index in [1.807, 2.05) is 13.0 Å². The lowest BCUT2D eigenvalue weighted by molar-refractivity contribution is -0.136. The molecule has 0 saturated heterocycles. The molecule has 1 rings (SSSR count). The van der Waals surface area contributed by atoms with Crippen LogP contribution >= 0.6 is 0 Å². The topological polar surface area (TPSA) is 50.1 Å². The zero-order valence-electron chi connectivity index (χ0n) is 9.19. The quantitative estimate of drug-likeness (QED) is 0.572. The number of nitrogens with zero attached hydrogens (tertiary/aromatic N) is 1. The van der Waals surface area contributed by atoms with Gasteiger partial charge in [-0.3, -0.25) is 0 Å². The Hall–Kier alpha value is -2.08. The van der Waals surface area contributed by atoms with Gasteiger partial charge >= 0.3 is 5.97 Å². The Kier molecular flexibility index (Phi) is 4.28. The third-order valence-electron chi connectivity index (χ3n) is 2.05. The number of carbonyl (C=O) groups is 1. The Balaban J connectivity index is 2.73. The fourth-order valence-electron chi connectivity index (χ4n) is 1.15. The van der Waals surface area contributed by atoms with Crippen molar-refractivity contribution in [3.8, 4) is 6.07 Å². The summed E-state index contributed by atoms with van der Waals surface area (Å²) >= 11 is 0. The zero-order valence-corrected chi connectivity index (χ0v) is 9.19. The van der Waals surface area contributed by atoms with Crippen molar-refractivity contribution in [3.05, 3.63) is 42.0 Å². The van der Waals surface area contributed by atoms with Crippen molar-refractivity contribution in [2.45, 2.75) is 13.3 Å². The van der Waals surface area contributed by atoms with Crippen LogP contribution in [0, 0.1) is 11.3 Å². The first kappa shape index (κ1) is 12.0. The van der Waals surface area contributed by atoms with Gasteiger partial charge < -0.3 is 4.74 Å². The average Bonchev–Trinajstić information content (AvgIpc) is 2.35. The number of ether oxygens (including phenoxy) is 1. The molecule has 82 valence electrons. The molecule has 1 aromatic carbocycles. The number of esters is 1. The minimum absolute atomic E-state index is 0.318. The Bertz CT molecular complexity index is 426. The van der Waals surface area contributed by atoms with E-state index >= 15 is 0 Å².